The van der Waals surface area contributed by atoms with Crippen molar-refractivity contribution in [3.05, 3.63) is 48.5 Å². The molecule has 0 unspecified atom stereocenters. The molecule has 0 aromatic heterocycles. The second-order valence-corrected chi connectivity index (χ2v) is 13.8. The molecular weight excluding hydrogens is 424 g/mol. The number of anilines is 1. The molecule has 1 aliphatic heterocycles. The van der Waals surface area contributed by atoms with Gasteiger partial charge in [0.15, 0.2) is 0 Å². The van der Waals surface area contributed by atoms with Crippen LogP contribution in [0.25, 0.3) is 11.1 Å². The van der Waals surface area contributed by atoms with Crippen LogP contribution in [0.3, 0.4) is 0 Å². The summed E-state index contributed by atoms with van der Waals surface area (Å²) in [5.41, 5.74) is 5.87. The monoisotopic (exact) mass is 463 g/mol. The summed E-state index contributed by atoms with van der Waals surface area (Å²) in [5.74, 6) is 7.63. The normalized spacial score (nSPS) is 44.1. The summed E-state index contributed by atoms with van der Waals surface area (Å²) in [4.78, 5) is 2.85. The van der Waals surface area contributed by atoms with Gasteiger partial charge in [-0.15, -0.1) is 0 Å². The van der Waals surface area contributed by atoms with Gasteiger partial charge in [-0.2, -0.15) is 0 Å². The van der Waals surface area contributed by atoms with Gasteiger partial charge < -0.3 is 0 Å². The van der Waals surface area contributed by atoms with Crippen LogP contribution >= 0.6 is 0 Å². The Morgan fingerprint density at radius 2 is 1.06 bits per heavy atom. The molecule has 180 valence electrons. The van der Waals surface area contributed by atoms with Crippen molar-refractivity contribution in [3.8, 4) is 11.1 Å². The number of fused-ring (bicyclic) bond motifs is 3. The highest BCUT2D eigenvalue weighted by Gasteiger charge is 2.55. The summed E-state index contributed by atoms with van der Waals surface area (Å²) in [6.07, 6.45) is 17.6. The van der Waals surface area contributed by atoms with Crippen LogP contribution in [0.4, 0.5) is 11.4 Å². The second kappa shape index (κ2) is 7.24. The minimum absolute atomic E-state index is 0.692. The third-order valence-electron chi connectivity index (χ3n) is 11.9. The maximum Gasteiger partial charge on any atom is 0.245 e. The van der Waals surface area contributed by atoms with Crippen LogP contribution in [0.15, 0.2) is 48.5 Å². The van der Waals surface area contributed by atoms with E-state index in [1.807, 2.05) is 0 Å². The van der Waals surface area contributed by atoms with Gasteiger partial charge in [0.1, 0.15) is 23.5 Å². The SMILES string of the molecule is C1=[N+](C2C3CC4CC(C3)CC2C4)c2ccccc2-c2ccccc2N1C1C2CC3CC(C2)CC1C3. The molecule has 2 heteroatoms. The summed E-state index contributed by atoms with van der Waals surface area (Å²) >= 11 is 0. The molecule has 2 aromatic rings. The largest absolute Gasteiger partial charge is 0.245 e. The van der Waals surface area contributed by atoms with Crippen molar-refractivity contribution in [2.24, 2.45) is 47.3 Å². The molecule has 0 N–H and O–H groups in total. The lowest BCUT2D eigenvalue weighted by Gasteiger charge is -2.55. The van der Waals surface area contributed by atoms with Crippen molar-refractivity contribution in [1.29, 1.82) is 0 Å². The van der Waals surface area contributed by atoms with Crippen LogP contribution in [0, 0.1) is 47.3 Å². The fraction of sp³-hybridized carbons (Fsp3) is 0.606. The molecular formula is C33H39N2+. The van der Waals surface area contributed by atoms with Gasteiger partial charge in [0, 0.05) is 34.8 Å². The lowest BCUT2D eigenvalue weighted by atomic mass is 9.53. The Hall–Kier alpha value is -2.09. The van der Waals surface area contributed by atoms with Gasteiger partial charge in [0.05, 0.1) is 0 Å². The molecule has 2 nitrogen and oxygen atoms in total. The molecule has 2 aromatic carbocycles. The number of rotatable bonds is 2. The molecule has 8 bridgehead atoms. The molecule has 0 radical (unpaired) electrons. The zero-order chi connectivity index (χ0) is 22.7. The zero-order valence-electron chi connectivity index (χ0n) is 20.9. The van der Waals surface area contributed by atoms with E-state index in [-0.39, 0.29) is 0 Å². The average molecular weight is 464 g/mol. The zero-order valence-corrected chi connectivity index (χ0v) is 20.9. The molecule has 8 saturated carbocycles. The topological polar surface area (TPSA) is 6.25 Å². The number of hydrogen-bond acceptors (Lipinski definition) is 1. The molecule has 1 heterocycles. The molecule has 0 spiro atoms. The number of hydrogen-bond donors (Lipinski definition) is 0. The van der Waals surface area contributed by atoms with E-state index in [9.17, 15) is 0 Å². The molecule has 8 aliphatic carbocycles. The minimum Gasteiger partial charge on any atom is -0.230 e. The van der Waals surface area contributed by atoms with Gasteiger partial charge in [-0.25, -0.2) is 9.48 Å². The predicted octanol–water partition coefficient (Wildman–Crippen LogP) is 7.50. The number of para-hydroxylation sites is 2. The Morgan fingerprint density at radius 3 is 1.69 bits per heavy atom. The van der Waals surface area contributed by atoms with Crippen LogP contribution in [-0.2, 0) is 0 Å². The maximum atomic E-state index is 2.85. The predicted molar refractivity (Wildman–Crippen MR) is 142 cm³/mol. The first kappa shape index (κ1) is 20.0. The highest BCUT2D eigenvalue weighted by atomic mass is 15.3. The quantitative estimate of drug-likeness (QED) is 0.418. The van der Waals surface area contributed by atoms with E-state index in [1.165, 1.54) is 86.7 Å². The maximum absolute atomic E-state index is 2.85. The van der Waals surface area contributed by atoms with Gasteiger partial charge >= 0.3 is 0 Å². The third-order valence-corrected chi connectivity index (χ3v) is 11.9. The van der Waals surface area contributed by atoms with Gasteiger partial charge in [0.25, 0.3) is 0 Å². The van der Waals surface area contributed by atoms with E-state index < -0.39 is 0 Å². The van der Waals surface area contributed by atoms with Crippen LogP contribution in [0.1, 0.15) is 64.2 Å². The average Bonchev–Trinajstić information content (AvgIpc) is 2.99. The van der Waals surface area contributed by atoms with Gasteiger partial charge in [0.2, 0.25) is 6.34 Å². The van der Waals surface area contributed by atoms with Gasteiger partial charge in [-0.1, -0.05) is 24.3 Å². The molecule has 11 rings (SSSR count). The summed E-state index contributed by atoms with van der Waals surface area (Å²) in [6, 6.07) is 20.2. The minimum atomic E-state index is 0.692. The standard InChI is InChI=1S/C33H39N2/c1-3-7-30-28(5-1)29-6-2-4-8-31(29)35(33-26-15-22-10-23(17-26)18-27(33)16-22)19-34(30)32-24-11-20-9-21(13-24)14-25(32)12-20/h1-8,19-27,32-33H,9-18H2/q+1. The summed E-state index contributed by atoms with van der Waals surface area (Å²) in [7, 11) is 0. The Balaban J connectivity index is 1.23. The third kappa shape index (κ3) is 2.86. The Bertz CT molecular complexity index is 1150. The van der Waals surface area contributed by atoms with E-state index >= 15 is 0 Å². The van der Waals surface area contributed by atoms with Crippen LogP contribution in [0.2, 0.25) is 0 Å². The van der Waals surface area contributed by atoms with Crippen LogP contribution < -0.4 is 4.90 Å². The lowest BCUT2D eigenvalue weighted by Crippen LogP contribution is -2.57. The fourth-order valence-corrected chi connectivity index (χ4v) is 11.3. The molecule has 8 fully saturated rings. The molecule has 35 heavy (non-hydrogen) atoms. The summed E-state index contributed by atoms with van der Waals surface area (Å²) in [5, 5.41) is 0. The molecule has 9 aliphatic rings. The summed E-state index contributed by atoms with van der Waals surface area (Å²) in [6.45, 7) is 0. The number of benzene rings is 2. The first-order valence-electron chi connectivity index (χ1n) is 14.9. The van der Waals surface area contributed by atoms with Crippen molar-refractivity contribution in [2.75, 3.05) is 4.90 Å². The van der Waals surface area contributed by atoms with E-state index in [0.29, 0.717) is 12.1 Å². The molecule has 0 amide bonds. The van der Waals surface area contributed by atoms with Crippen LogP contribution in [-0.4, -0.2) is 23.0 Å². The first-order chi connectivity index (χ1) is 17.3. The van der Waals surface area contributed by atoms with Crippen LogP contribution in [0.5, 0.6) is 0 Å². The summed E-state index contributed by atoms with van der Waals surface area (Å²) < 4.78 is 2.85. The highest BCUT2D eigenvalue weighted by molar-refractivity contribution is 5.93. The Kier molecular flexibility index (Phi) is 4.14. The van der Waals surface area contributed by atoms with Crippen molar-refractivity contribution < 1.29 is 4.58 Å². The van der Waals surface area contributed by atoms with E-state index in [1.54, 1.807) is 0 Å². The smallest absolute Gasteiger partial charge is 0.230 e. The lowest BCUT2D eigenvalue weighted by molar-refractivity contribution is -0.515. The van der Waals surface area contributed by atoms with E-state index in [4.69, 9.17) is 0 Å². The van der Waals surface area contributed by atoms with E-state index in [2.05, 4.69) is 64.3 Å². The Labute approximate surface area is 210 Å². The number of nitrogens with zero attached hydrogens (tertiary/aromatic N) is 2. The Morgan fingerprint density at radius 1 is 0.543 bits per heavy atom. The highest BCUT2D eigenvalue weighted by Crippen LogP contribution is 2.58. The van der Waals surface area contributed by atoms with Crippen molar-refractivity contribution >= 4 is 17.7 Å². The molecule has 0 saturated heterocycles. The first-order valence-corrected chi connectivity index (χ1v) is 14.9. The molecule has 0 atom stereocenters. The van der Waals surface area contributed by atoms with Gasteiger partial charge in [-0.3, -0.25) is 0 Å². The fourth-order valence-electron chi connectivity index (χ4n) is 11.3. The van der Waals surface area contributed by atoms with Crippen molar-refractivity contribution in [2.45, 2.75) is 76.3 Å². The second-order valence-electron chi connectivity index (χ2n) is 13.8. The van der Waals surface area contributed by atoms with Gasteiger partial charge in [-0.05, 0) is 112 Å². The van der Waals surface area contributed by atoms with E-state index in [0.717, 1.165) is 47.3 Å². The van der Waals surface area contributed by atoms with Crippen molar-refractivity contribution in [1.82, 2.24) is 0 Å². The van der Waals surface area contributed by atoms with Crippen molar-refractivity contribution in [3.63, 3.8) is 0 Å².